The summed E-state index contributed by atoms with van der Waals surface area (Å²) in [5.74, 6) is -0.748. The van der Waals surface area contributed by atoms with E-state index in [-0.39, 0.29) is 12.4 Å². The smallest absolute Gasteiger partial charge is 0.315 e. The number of hydrogen-bond donors (Lipinski definition) is 2. The number of carboxylic acids is 1. The minimum absolute atomic E-state index is 0. The van der Waals surface area contributed by atoms with Crippen molar-refractivity contribution in [1.29, 1.82) is 0 Å². The number of rotatable bonds is 2. The minimum Gasteiger partial charge on any atom is -0.481 e. The number of nitrogens with zero attached hydrogens (tertiary/aromatic N) is 1. The Balaban J connectivity index is 0.000000720. The molecule has 2 rings (SSSR count). The number of aromatic nitrogens is 2. The molecule has 0 aliphatic heterocycles. The molecule has 2 N–H and O–H groups in total. The van der Waals surface area contributed by atoms with Gasteiger partial charge < -0.3 is 5.11 Å². The van der Waals surface area contributed by atoms with Gasteiger partial charge in [-0.05, 0) is 18.9 Å². The van der Waals surface area contributed by atoms with Crippen molar-refractivity contribution in [1.82, 2.24) is 10.2 Å². The van der Waals surface area contributed by atoms with Gasteiger partial charge in [0.1, 0.15) is 5.41 Å². The Labute approximate surface area is 75.4 Å². The maximum atomic E-state index is 10.7. The van der Waals surface area contributed by atoms with E-state index >= 15 is 0 Å². The molecule has 66 valence electrons. The Morgan fingerprint density at radius 2 is 2.33 bits per heavy atom. The third-order valence-electron chi connectivity index (χ3n) is 2.18. The monoisotopic (exact) mass is 188 g/mol. The molecule has 0 bridgehead atoms. The van der Waals surface area contributed by atoms with Crippen LogP contribution < -0.4 is 0 Å². The van der Waals surface area contributed by atoms with Crippen molar-refractivity contribution in [3.63, 3.8) is 0 Å². The van der Waals surface area contributed by atoms with Crippen LogP contribution in [-0.2, 0) is 10.2 Å². The second kappa shape index (κ2) is 2.79. The molecule has 1 heterocycles. The van der Waals surface area contributed by atoms with Crippen molar-refractivity contribution in [2.45, 2.75) is 18.3 Å². The molecule has 5 heteroatoms. The first kappa shape index (κ1) is 9.06. The Bertz CT molecular complexity index is 280. The molecule has 0 radical (unpaired) electrons. The van der Waals surface area contributed by atoms with E-state index in [1.54, 1.807) is 12.3 Å². The van der Waals surface area contributed by atoms with Gasteiger partial charge in [0.15, 0.2) is 0 Å². The van der Waals surface area contributed by atoms with Crippen LogP contribution in [-0.4, -0.2) is 21.3 Å². The Kier molecular flexibility index (Phi) is 2.10. The number of halogens is 1. The fourth-order valence-corrected chi connectivity index (χ4v) is 1.25. The molecule has 4 nitrogen and oxygen atoms in total. The topological polar surface area (TPSA) is 66.0 Å². The summed E-state index contributed by atoms with van der Waals surface area (Å²) in [5.41, 5.74) is 0.0984. The molecular formula is C7H9ClN2O2. The van der Waals surface area contributed by atoms with Gasteiger partial charge in [0.25, 0.3) is 0 Å². The Hall–Kier alpha value is -1.03. The number of nitrogens with one attached hydrogen (secondary N) is 1. The molecule has 0 aromatic carbocycles. The summed E-state index contributed by atoms with van der Waals surface area (Å²) < 4.78 is 0. The summed E-state index contributed by atoms with van der Waals surface area (Å²) in [7, 11) is 0. The van der Waals surface area contributed by atoms with Gasteiger partial charge in [-0.2, -0.15) is 5.10 Å². The van der Waals surface area contributed by atoms with Crippen LogP contribution in [0.25, 0.3) is 0 Å². The van der Waals surface area contributed by atoms with Crippen molar-refractivity contribution in [3.05, 3.63) is 18.0 Å². The highest BCUT2D eigenvalue weighted by Gasteiger charge is 2.52. The average Bonchev–Trinajstić information content (AvgIpc) is 2.61. The lowest BCUT2D eigenvalue weighted by molar-refractivity contribution is -0.140. The second-order valence-electron chi connectivity index (χ2n) is 2.86. The Morgan fingerprint density at radius 3 is 2.67 bits per heavy atom. The quantitative estimate of drug-likeness (QED) is 0.726. The van der Waals surface area contributed by atoms with Crippen LogP contribution in [0.1, 0.15) is 18.5 Å². The highest BCUT2D eigenvalue weighted by Crippen LogP contribution is 2.47. The van der Waals surface area contributed by atoms with Crippen LogP contribution in [0, 0.1) is 0 Å². The van der Waals surface area contributed by atoms with E-state index in [1.807, 2.05) is 0 Å². The SMILES string of the molecule is Cl.O=C(O)C1(c2ccn[nH]2)CC1. The summed E-state index contributed by atoms with van der Waals surface area (Å²) in [4.78, 5) is 10.7. The summed E-state index contributed by atoms with van der Waals surface area (Å²) in [5, 5.41) is 15.2. The van der Waals surface area contributed by atoms with Gasteiger partial charge in [-0.3, -0.25) is 9.89 Å². The van der Waals surface area contributed by atoms with E-state index in [9.17, 15) is 4.79 Å². The fraction of sp³-hybridized carbons (Fsp3) is 0.429. The molecule has 1 aromatic rings. The zero-order valence-corrected chi connectivity index (χ0v) is 7.10. The van der Waals surface area contributed by atoms with Gasteiger partial charge in [0.2, 0.25) is 0 Å². The molecule has 0 saturated heterocycles. The average molecular weight is 189 g/mol. The zero-order chi connectivity index (χ0) is 7.90. The van der Waals surface area contributed by atoms with Crippen LogP contribution in [0.3, 0.4) is 0 Å². The van der Waals surface area contributed by atoms with E-state index in [1.165, 1.54) is 0 Å². The number of aliphatic carboxylic acids is 1. The van der Waals surface area contributed by atoms with Crippen LogP contribution in [0.5, 0.6) is 0 Å². The lowest BCUT2D eigenvalue weighted by atomic mass is 10.0. The fourth-order valence-electron chi connectivity index (χ4n) is 1.25. The number of carboxylic acid groups (broad SMARTS) is 1. The van der Waals surface area contributed by atoms with E-state index in [0.717, 1.165) is 18.5 Å². The third kappa shape index (κ3) is 1.08. The summed E-state index contributed by atoms with van der Waals surface area (Å²) in [6.07, 6.45) is 3.04. The van der Waals surface area contributed by atoms with Crippen LogP contribution in [0.2, 0.25) is 0 Å². The van der Waals surface area contributed by atoms with Gasteiger partial charge in [-0.25, -0.2) is 0 Å². The van der Waals surface area contributed by atoms with Crippen molar-refractivity contribution < 1.29 is 9.90 Å². The van der Waals surface area contributed by atoms with Crippen molar-refractivity contribution >= 4 is 18.4 Å². The molecule has 0 amide bonds. The minimum atomic E-state index is -0.748. The zero-order valence-electron chi connectivity index (χ0n) is 6.28. The molecular weight excluding hydrogens is 180 g/mol. The number of hydrogen-bond acceptors (Lipinski definition) is 2. The largest absolute Gasteiger partial charge is 0.481 e. The first-order chi connectivity index (χ1) is 5.26. The maximum Gasteiger partial charge on any atom is 0.315 e. The predicted molar refractivity (Wildman–Crippen MR) is 44.4 cm³/mol. The van der Waals surface area contributed by atoms with E-state index < -0.39 is 11.4 Å². The van der Waals surface area contributed by atoms with Gasteiger partial charge in [0.05, 0.1) is 5.69 Å². The van der Waals surface area contributed by atoms with Gasteiger partial charge >= 0.3 is 5.97 Å². The normalized spacial score (nSPS) is 18.0. The van der Waals surface area contributed by atoms with Crippen LogP contribution in [0.4, 0.5) is 0 Å². The standard InChI is InChI=1S/C7H8N2O2.ClH/c10-6(11)7(2-3-7)5-1-4-8-9-5;/h1,4H,2-3H2,(H,8,9)(H,10,11);1H. The molecule has 1 fully saturated rings. The van der Waals surface area contributed by atoms with E-state index in [4.69, 9.17) is 5.11 Å². The third-order valence-corrected chi connectivity index (χ3v) is 2.18. The van der Waals surface area contributed by atoms with Crippen LogP contribution in [0.15, 0.2) is 12.3 Å². The molecule has 1 aliphatic rings. The molecule has 0 atom stereocenters. The number of H-pyrrole nitrogens is 1. The lowest BCUT2D eigenvalue weighted by Gasteiger charge is -2.04. The summed E-state index contributed by atoms with van der Waals surface area (Å²) >= 11 is 0. The molecule has 1 aromatic heterocycles. The van der Waals surface area contributed by atoms with E-state index in [2.05, 4.69) is 10.2 Å². The predicted octanol–water partition coefficient (Wildman–Crippen LogP) is 0.948. The molecule has 12 heavy (non-hydrogen) atoms. The first-order valence-electron chi connectivity index (χ1n) is 3.49. The lowest BCUT2D eigenvalue weighted by Crippen LogP contribution is -2.19. The van der Waals surface area contributed by atoms with Crippen molar-refractivity contribution in [2.75, 3.05) is 0 Å². The van der Waals surface area contributed by atoms with Crippen molar-refractivity contribution in [3.8, 4) is 0 Å². The highest BCUT2D eigenvalue weighted by atomic mass is 35.5. The highest BCUT2D eigenvalue weighted by molar-refractivity contribution is 5.85. The van der Waals surface area contributed by atoms with Crippen molar-refractivity contribution in [2.24, 2.45) is 0 Å². The first-order valence-corrected chi connectivity index (χ1v) is 3.49. The molecule has 1 aliphatic carbocycles. The number of aromatic amines is 1. The molecule has 1 saturated carbocycles. The summed E-state index contributed by atoms with van der Waals surface area (Å²) in [6, 6.07) is 1.72. The Morgan fingerprint density at radius 1 is 1.67 bits per heavy atom. The van der Waals surface area contributed by atoms with E-state index in [0.29, 0.717) is 0 Å². The molecule has 0 unspecified atom stereocenters. The maximum absolute atomic E-state index is 10.7. The van der Waals surface area contributed by atoms with Gasteiger partial charge in [0, 0.05) is 6.20 Å². The molecule has 0 spiro atoms. The second-order valence-corrected chi connectivity index (χ2v) is 2.86. The summed E-state index contributed by atoms with van der Waals surface area (Å²) in [6.45, 7) is 0. The van der Waals surface area contributed by atoms with Gasteiger partial charge in [-0.15, -0.1) is 12.4 Å². The number of carbonyl (C=O) groups is 1. The van der Waals surface area contributed by atoms with Gasteiger partial charge in [-0.1, -0.05) is 0 Å². The van der Waals surface area contributed by atoms with Crippen LogP contribution >= 0.6 is 12.4 Å².